The number of anilines is 1. The molecule has 1 aromatic rings. The molecule has 0 saturated carbocycles. The maximum absolute atomic E-state index is 12.9. The van der Waals surface area contributed by atoms with E-state index < -0.39 is 35.3 Å². The zero-order chi connectivity index (χ0) is 17.2. The van der Waals surface area contributed by atoms with Crippen LogP contribution in [-0.4, -0.2) is 41.0 Å². The first kappa shape index (κ1) is 17.3. The van der Waals surface area contributed by atoms with Gasteiger partial charge in [-0.25, -0.2) is 0 Å². The normalized spacial score (nSPS) is 19.5. The van der Waals surface area contributed by atoms with Crippen molar-refractivity contribution in [1.82, 2.24) is 4.90 Å². The molecule has 5 nitrogen and oxygen atoms in total. The maximum atomic E-state index is 12.9. The Kier molecular flexibility index (Phi) is 4.93. The number of nitrogens with zero attached hydrogens (tertiary/aromatic N) is 1. The average molecular weight is 330 g/mol. The highest BCUT2D eigenvalue weighted by atomic mass is 19.4. The lowest BCUT2D eigenvalue weighted by Crippen LogP contribution is -2.39. The number of aliphatic hydroxyl groups is 1. The van der Waals surface area contributed by atoms with Gasteiger partial charge in [-0.1, -0.05) is 12.1 Å². The summed E-state index contributed by atoms with van der Waals surface area (Å²) < 4.78 is 38.6. The van der Waals surface area contributed by atoms with Gasteiger partial charge < -0.3 is 15.3 Å². The van der Waals surface area contributed by atoms with Crippen molar-refractivity contribution in [3.8, 4) is 0 Å². The fourth-order valence-corrected chi connectivity index (χ4v) is 2.52. The molecule has 0 aromatic heterocycles. The molecule has 1 aromatic carbocycles. The van der Waals surface area contributed by atoms with E-state index in [-0.39, 0.29) is 12.5 Å². The molecule has 2 amide bonds. The SMILES string of the molecule is CC(O)C1CCN(C(=O)C(=O)Nc2ccccc2C(F)(F)F)C1. The topological polar surface area (TPSA) is 69.6 Å². The Bertz CT molecular complexity index is 602. The molecular weight excluding hydrogens is 313 g/mol. The molecule has 2 atom stereocenters. The van der Waals surface area contributed by atoms with Gasteiger partial charge in [0, 0.05) is 19.0 Å². The number of para-hydroxylation sites is 1. The highest BCUT2D eigenvalue weighted by molar-refractivity contribution is 6.39. The lowest BCUT2D eigenvalue weighted by Gasteiger charge is -2.18. The molecule has 0 radical (unpaired) electrons. The van der Waals surface area contributed by atoms with Crippen molar-refractivity contribution in [1.29, 1.82) is 0 Å². The Morgan fingerprint density at radius 1 is 1.35 bits per heavy atom. The Hall–Kier alpha value is -2.09. The summed E-state index contributed by atoms with van der Waals surface area (Å²) in [4.78, 5) is 25.2. The maximum Gasteiger partial charge on any atom is 0.418 e. The first-order valence-corrected chi connectivity index (χ1v) is 7.14. The Balaban J connectivity index is 2.07. The van der Waals surface area contributed by atoms with E-state index in [0.29, 0.717) is 13.0 Å². The standard InChI is InChI=1S/C15H17F3N2O3/c1-9(21)10-6-7-20(8-10)14(23)13(22)19-12-5-3-2-4-11(12)15(16,17)18/h2-5,9-10,21H,6-8H2,1H3,(H,19,22). The molecule has 1 aliphatic rings. The van der Waals surface area contributed by atoms with E-state index >= 15 is 0 Å². The zero-order valence-electron chi connectivity index (χ0n) is 12.4. The predicted octanol–water partition coefficient (Wildman–Crippen LogP) is 1.87. The number of amides is 2. The van der Waals surface area contributed by atoms with Gasteiger partial charge in [0.15, 0.2) is 0 Å². The summed E-state index contributed by atoms with van der Waals surface area (Å²) in [5.74, 6) is -2.15. The molecule has 8 heteroatoms. The van der Waals surface area contributed by atoms with Crippen LogP contribution in [0.25, 0.3) is 0 Å². The third-order valence-electron chi connectivity index (χ3n) is 3.87. The van der Waals surface area contributed by atoms with Gasteiger partial charge in [-0.2, -0.15) is 13.2 Å². The van der Waals surface area contributed by atoms with Crippen LogP contribution in [0, 0.1) is 5.92 Å². The van der Waals surface area contributed by atoms with Gasteiger partial charge in [0.2, 0.25) is 0 Å². The molecule has 1 fully saturated rings. The summed E-state index contributed by atoms with van der Waals surface area (Å²) in [6.07, 6.45) is -4.69. The number of carbonyl (C=O) groups excluding carboxylic acids is 2. The van der Waals surface area contributed by atoms with Crippen molar-refractivity contribution < 1.29 is 27.9 Å². The monoisotopic (exact) mass is 330 g/mol. The largest absolute Gasteiger partial charge is 0.418 e. The van der Waals surface area contributed by atoms with Crippen LogP contribution in [0.2, 0.25) is 0 Å². The average Bonchev–Trinajstić information content (AvgIpc) is 2.95. The number of alkyl halides is 3. The first-order chi connectivity index (χ1) is 10.7. The number of benzene rings is 1. The van der Waals surface area contributed by atoms with Crippen molar-refractivity contribution in [3.05, 3.63) is 29.8 Å². The molecule has 2 unspecified atom stereocenters. The fourth-order valence-electron chi connectivity index (χ4n) is 2.52. The number of nitrogens with one attached hydrogen (secondary N) is 1. The molecule has 23 heavy (non-hydrogen) atoms. The minimum atomic E-state index is -4.63. The summed E-state index contributed by atoms with van der Waals surface area (Å²) in [6.45, 7) is 2.10. The number of carbonyl (C=O) groups is 2. The van der Waals surface area contributed by atoms with Gasteiger partial charge >= 0.3 is 18.0 Å². The van der Waals surface area contributed by atoms with E-state index in [9.17, 15) is 27.9 Å². The van der Waals surface area contributed by atoms with Crippen LogP contribution < -0.4 is 5.32 Å². The minimum absolute atomic E-state index is 0.130. The van der Waals surface area contributed by atoms with Gasteiger partial charge in [0.25, 0.3) is 0 Å². The molecule has 126 valence electrons. The molecule has 2 rings (SSSR count). The molecule has 1 heterocycles. The molecule has 0 aliphatic carbocycles. The molecule has 1 saturated heterocycles. The van der Waals surface area contributed by atoms with Crippen molar-refractivity contribution in [2.45, 2.75) is 25.6 Å². The smallest absolute Gasteiger partial charge is 0.393 e. The number of hydrogen-bond donors (Lipinski definition) is 2. The van der Waals surface area contributed by atoms with Crippen LogP contribution in [0.3, 0.4) is 0 Å². The third kappa shape index (κ3) is 4.01. The van der Waals surface area contributed by atoms with Gasteiger partial charge in [-0.3, -0.25) is 9.59 Å². The Morgan fingerprint density at radius 3 is 2.57 bits per heavy atom. The highest BCUT2D eigenvalue weighted by Gasteiger charge is 2.35. The quantitative estimate of drug-likeness (QED) is 0.814. The van der Waals surface area contributed by atoms with Crippen molar-refractivity contribution in [2.24, 2.45) is 5.92 Å². The van der Waals surface area contributed by atoms with E-state index in [0.717, 1.165) is 12.1 Å². The number of rotatable bonds is 2. The second-order valence-corrected chi connectivity index (χ2v) is 5.54. The first-order valence-electron chi connectivity index (χ1n) is 7.14. The van der Waals surface area contributed by atoms with Gasteiger partial charge in [-0.15, -0.1) is 0 Å². The van der Waals surface area contributed by atoms with Crippen molar-refractivity contribution >= 4 is 17.5 Å². The van der Waals surface area contributed by atoms with Crippen LogP contribution in [0.1, 0.15) is 18.9 Å². The lowest BCUT2D eigenvalue weighted by atomic mass is 10.0. The minimum Gasteiger partial charge on any atom is -0.393 e. The lowest BCUT2D eigenvalue weighted by molar-refractivity contribution is -0.143. The van der Waals surface area contributed by atoms with Gasteiger partial charge in [0.1, 0.15) is 0 Å². The van der Waals surface area contributed by atoms with E-state index in [4.69, 9.17) is 0 Å². The summed E-state index contributed by atoms with van der Waals surface area (Å²) in [5.41, 5.74) is -1.46. The van der Waals surface area contributed by atoms with Crippen molar-refractivity contribution in [2.75, 3.05) is 18.4 Å². The number of halogens is 3. The van der Waals surface area contributed by atoms with Crippen LogP contribution in [-0.2, 0) is 15.8 Å². The molecule has 0 bridgehead atoms. The van der Waals surface area contributed by atoms with E-state index in [1.807, 2.05) is 5.32 Å². The van der Waals surface area contributed by atoms with Crippen molar-refractivity contribution in [3.63, 3.8) is 0 Å². The van der Waals surface area contributed by atoms with Crippen LogP contribution >= 0.6 is 0 Å². The molecule has 0 spiro atoms. The Labute approximate surface area is 131 Å². The molecule has 2 N–H and O–H groups in total. The summed E-state index contributed by atoms with van der Waals surface area (Å²) in [5, 5.41) is 11.5. The van der Waals surface area contributed by atoms with E-state index in [2.05, 4.69) is 0 Å². The summed E-state index contributed by atoms with van der Waals surface area (Å²) in [7, 11) is 0. The summed E-state index contributed by atoms with van der Waals surface area (Å²) >= 11 is 0. The second kappa shape index (κ2) is 6.57. The number of likely N-dealkylation sites (tertiary alicyclic amines) is 1. The van der Waals surface area contributed by atoms with Gasteiger partial charge in [-0.05, 0) is 25.5 Å². The Morgan fingerprint density at radius 2 is 2.00 bits per heavy atom. The molecular formula is C15H17F3N2O3. The van der Waals surface area contributed by atoms with Crippen LogP contribution in [0.4, 0.5) is 18.9 Å². The van der Waals surface area contributed by atoms with Crippen LogP contribution in [0.5, 0.6) is 0 Å². The number of aliphatic hydroxyl groups excluding tert-OH is 1. The van der Waals surface area contributed by atoms with E-state index in [1.54, 1.807) is 6.92 Å². The zero-order valence-corrected chi connectivity index (χ0v) is 12.4. The second-order valence-electron chi connectivity index (χ2n) is 5.54. The van der Waals surface area contributed by atoms with Gasteiger partial charge in [0.05, 0.1) is 17.4 Å². The third-order valence-corrected chi connectivity index (χ3v) is 3.87. The fraction of sp³-hybridized carbons (Fsp3) is 0.467. The predicted molar refractivity (Wildman–Crippen MR) is 76.4 cm³/mol. The highest BCUT2D eigenvalue weighted by Crippen LogP contribution is 2.34. The number of hydrogen-bond acceptors (Lipinski definition) is 3. The summed E-state index contributed by atoms with van der Waals surface area (Å²) in [6, 6.07) is 4.47. The molecule has 1 aliphatic heterocycles. The van der Waals surface area contributed by atoms with E-state index in [1.165, 1.54) is 17.0 Å². The van der Waals surface area contributed by atoms with Crippen LogP contribution in [0.15, 0.2) is 24.3 Å².